The highest BCUT2D eigenvalue weighted by atomic mass is 16.5. The molecule has 0 bridgehead atoms. The first-order chi connectivity index (χ1) is 9.81. The molecule has 0 spiro atoms. The van der Waals surface area contributed by atoms with Gasteiger partial charge in [0.05, 0.1) is 6.61 Å². The fourth-order valence-corrected chi connectivity index (χ4v) is 2.64. The van der Waals surface area contributed by atoms with Gasteiger partial charge in [-0.15, -0.1) is 0 Å². The van der Waals surface area contributed by atoms with E-state index in [9.17, 15) is 5.11 Å². The Morgan fingerprint density at radius 3 is 2.85 bits per heavy atom. The van der Waals surface area contributed by atoms with Gasteiger partial charge in [0.2, 0.25) is 0 Å². The maximum absolute atomic E-state index is 10.1. The molecule has 1 aromatic carbocycles. The molecule has 1 aromatic rings. The Morgan fingerprint density at radius 2 is 2.10 bits per heavy atom. The van der Waals surface area contributed by atoms with Crippen molar-refractivity contribution in [2.75, 3.05) is 32.8 Å². The molecule has 20 heavy (non-hydrogen) atoms. The topological polar surface area (TPSA) is 44.7 Å². The highest BCUT2D eigenvalue weighted by Gasteiger charge is 2.10. The van der Waals surface area contributed by atoms with Crippen molar-refractivity contribution in [1.82, 2.24) is 10.2 Å². The molecule has 0 amide bonds. The molecule has 0 unspecified atom stereocenters. The van der Waals surface area contributed by atoms with Crippen LogP contribution in [-0.2, 0) is 6.54 Å². The van der Waals surface area contributed by atoms with Crippen LogP contribution in [0.4, 0.5) is 0 Å². The van der Waals surface area contributed by atoms with Crippen LogP contribution in [0.3, 0.4) is 0 Å². The average molecular weight is 278 g/mol. The summed E-state index contributed by atoms with van der Waals surface area (Å²) in [6.45, 7) is 7.86. The molecule has 1 heterocycles. The third-order valence-corrected chi connectivity index (χ3v) is 3.72. The number of nitrogens with one attached hydrogen (secondary N) is 1. The molecule has 112 valence electrons. The van der Waals surface area contributed by atoms with Crippen LogP contribution >= 0.6 is 0 Å². The molecule has 1 saturated heterocycles. The zero-order chi connectivity index (χ0) is 14.2. The van der Waals surface area contributed by atoms with Crippen molar-refractivity contribution < 1.29 is 9.84 Å². The van der Waals surface area contributed by atoms with Gasteiger partial charge in [-0.2, -0.15) is 0 Å². The third-order valence-electron chi connectivity index (χ3n) is 3.72. The molecule has 0 aromatic heterocycles. The van der Waals surface area contributed by atoms with E-state index in [4.69, 9.17) is 4.74 Å². The molecule has 0 atom stereocenters. The van der Waals surface area contributed by atoms with Crippen molar-refractivity contribution in [3.63, 3.8) is 0 Å². The van der Waals surface area contributed by atoms with Crippen LogP contribution in [0.15, 0.2) is 18.2 Å². The van der Waals surface area contributed by atoms with Crippen LogP contribution < -0.4 is 10.1 Å². The Labute approximate surface area is 121 Å². The quantitative estimate of drug-likeness (QED) is 0.717. The van der Waals surface area contributed by atoms with Crippen molar-refractivity contribution in [2.24, 2.45) is 0 Å². The Morgan fingerprint density at radius 1 is 1.30 bits per heavy atom. The molecule has 0 saturated carbocycles. The predicted octanol–water partition coefficient (Wildman–Crippen LogP) is 2.37. The van der Waals surface area contributed by atoms with Crippen LogP contribution in [0.5, 0.6) is 11.5 Å². The van der Waals surface area contributed by atoms with Crippen LogP contribution in [0.25, 0.3) is 0 Å². The van der Waals surface area contributed by atoms with E-state index in [1.807, 2.05) is 19.1 Å². The minimum Gasteiger partial charge on any atom is -0.504 e. The minimum absolute atomic E-state index is 0.265. The van der Waals surface area contributed by atoms with Gasteiger partial charge in [-0.05, 0) is 58.4 Å². The maximum Gasteiger partial charge on any atom is 0.162 e. The Balaban J connectivity index is 1.69. The number of likely N-dealkylation sites (tertiary alicyclic amines) is 1. The standard InChI is InChI=1S/C16H26N2O2/c1-2-20-15-8-5-7-14(16(15)19)13-17-9-6-12-18-10-3-4-11-18/h5,7-8,17,19H,2-4,6,9-13H2,1H3. The molecule has 1 fully saturated rings. The lowest BCUT2D eigenvalue weighted by Gasteiger charge is -2.15. The molecule has 1 aliphatic rings. The monoisotopic (exact) mass is 278 g/mol. The summed E-state index contributed by atoms with van der Waals surface area (Å²) < 4.78 is 5.39. The second-order valence-electron chi connectivity index (χ2n) is 5.28. The van der Waals surface area contributed by atoms with Crippen molar-refractivity contribution in [2.45, 2.75) is 32.7 Å². The zero-order valence-corrected chi connectivity index (χ0v) is 12.4. The van der Waals surface area contributed by atoms with Gasteiger partial charge in [0.1, 0.15) is 0 Å². The number of benzene rings is 1. The summed E-state index contributed by atoms with van der Waals surface area (Å²) in [6, 6.07) is 5.66. The molecule has 2 rings (SSSR count). The van der Waals surface area contributed by atoms with Gasteiger partial charge >= 0.3 is 0 Å². The Bertz CT molecular complexity index is 403. The number of phenols is 1. The number of aromatic hydroxyl groups is 1. The van der Waals surface area contributed by atoms with Crippen LogP contribution in [0, 0.1) is 0 Å². The number of phenolic OH excluding ortho intramolecular Hbond substituents is 1. The summed E-state index contributed by atoms with van der Waals surface area (Å²) in [5.74, 6) is 0.838. The van der Waals surface area contributed by atoms with Gasteiger partial charge in [0.15, 0.2) is 11.5 Å². The highest BCUT2D eigenvalue weighted by Crippen LogP contribution is 2.29. The summed E-state index contributed by atoms with van der Waals surface area (Å²) >= 11 is 0. The van der Waals surface area contributed by atoms with Crippen molar-refractivity contribution in [3.8, 4) is 11.5 Å². The highest BCUT2D eigenvalue weighted by molar-refractivity contribution is 5.45. The van der Waals surface area contributed by atoms with E-state index in [1.54, 1.807) is 6.07 Å². The maximum atomic E-state index is 10.1. The number of hydrogen-bond acceptors (Lipinski definition) is 4. The predicted molar refractivity (Wildman–Crippen MR) is 81.3 cm³/mol. The van der Waals surface area contributed by atoms with E-state index in [-0.39, 0.29) is 5.75 Å². The summed E-state index contributed by atoms with van der Waals surface area (Å²) in [5, 5.41) is 13.5. The minimum atomic E-state index is 0.265. The van der Waals surface area contributed by atoms with E-state index in [1.165, 1.54) is 32.5 Å². The van der Waals surface area contributed by atoms with Gasteiger partial charge in [-0.1, -0.05) is 12.1 Å². The van der Waals surface area contributed by atoms with Crippen LogP contribution in [0.2, 0.25) is 0 Å². The molecule has 1 aliphatic heterocycles. The van der Waals surface area contributed by atoms with Crippen LogP contribution in [0.1, 0.15) is 31.7 Å². The second kappa shape index (κ2) is 8.12. The number of nitrogens with zero attached hydrogens (tertiary/aromatic N) is 1. The lowest BCUT2D eigenvalue weighted by molar-refractivity contribution is 0.315. The van der Waals surface area contributed by atoms with Crippen LogP contribution in [-0.4, -0.2) is 42.8 Å². The normalized spacial score (nSPS) is 15.7. The van der Waals surface area contributed by atoms with Gasteiger partial charge in [-0.25, -0.2) is 0 Å². The van der Waals surface area contributed by atoms with Gasteiger partial charge < -0.3 is 20.1 Å². The fraction of sp³-hybridized carbons (Fsp3) is 0.625. The van der Waals surface area contributed by atoms with E-state index in [0.29, 0.717) is 18.9 Å². The van der Waals surface area contributed by atoms with Crippen molar-refractivity contribution >= 4 is 0 Å². The number of rotatable bonds is 8. The van der Waals surface area contributed by atoms with Crippen molar-refractivity contribution in [1.29, 1.82) is 0 Å². The second-order valence-corrected chi connectivity index (χ2v) is 5.28. The van der Waals surface area contributed by atoms with Gasteiger partial charge in [0.25, 0.3) is 0 Å². The number of hydrogen-bond donors (Lipinski definition) is 2. The smallest absolute Gasteiger partial charge is 0.162 e. The molecule has 0 radical (unpaired) electrons. The summed E-state index contributed by atoms with van der Waals surface area (Å²) in [4.78, 5) is 2.52. The molecular weight excluding hydrogens is 252 g/mol. The first-order valence-electron chi connectivity index (χ1n) is 7.68. The first-order valence-corrected chi connectivity index (χ1v) is 7.68. The lowest BCUT2D eigenvalue weighted by Crippen LogP contribution is -2.24. The largest absolute Gasteiger partial charge is 0.504 e. The first kappa shape index (κ1) is 15.1. The molecule has 4 heteroatoms. The molecular formula is C16H26N2O2. The SMILES string of the molecule is CCOc1cccc(CNCCCN2CCCC2)c1O. The lowest BCUT2D eigenvalue weighted by atomic mass is 10.2. The van der Waals surface area contributed by atoms with Gasteiger partial charge in [-0.3, -0.25) is 0 Å². The number of ether oxygens (including phenoxy) is 1. The van der Waals surface area contributed by atoms with E-state index in [0.717, 1.165) is 18.5 Å². The van der Waals surface area contributed by atoms with Crippen molar-refractivity contribution in [3.05, 3.63) is 23.8 Å². The molecule has 0 aliphatic carbocycles. The third kappa shape index (κ3) is 4.39. The molecule has 4 nitrogen and oxygen atoms in total. The van der Waals surface area contributed by atoms with E-state index >= 15 is 0 Å². The number of para-hydroxylation sites is 1. The molecule has 2 N–H and O–H groups in total. The fourth-order valence-electron chi connectivity index (χ4n) is 2.64. The summed E-state index contributed by atoms with van der Waals surface area (Å²) in [6.07, 6.45) is 3.86. The Kier molecular flexibility index (Phi) is 6.15. The average Bonchev–Trinajstić information content (AvgIpc) is 2.96. The van der Waals surface area contributed by atoms with E-state index in [2.05, 4.69) is 10.2 Å². The Hall–Kier alpha value is -1.26. The van der Waals surface area contributed by atoms with Gasteiger partial charge in [0, 0.05) is 12.1 Å². The van der Waals surface area contributed by atoms with E-state index < -0.39 is 0 Å². The zero-order valence-electron chi connectivity index (χ0n) is 12.4. The summed E-state index contributed by atoms with van der Waals surface area (Å²) in [5.41, 5.74) is 0.900. The summed E-state index contributed by atoms with van der Waals surface area (Å²) in [7, 11) is 0.